The Labute approximate surface area is 68.9 Å². The van der Waals surface area contributed by atoms with Gasteiger partial charge in [0, 0.05) is 12.8 Å². The van der Waals surface area contributed by atoms with Crippen molar-refractivity contribution in [2.75, 3.05) is 7.11 Å². The van der Waals surface area contributed by atoms with Crippen molar-refractivity contribution in [1.29, 1.82) is 0 Å². The highest BCUT2D eigenvalue weighted by atomic mass is 16.6. The summed E-state index contributed by atoms with van der Waals surface area (Å²) in [7, 11) is 1.33. The number of hydrazone groups is 1. The third-order valence-corrected chi connectivity index (χ3v) is 1.36. The molecule has 0 aromatic carbocycles. The molecule has 0 atom stereocenters. The van der Waals surface area contributed by atoms with Crippen molar-refractivity contribution in [3.63, 3.8) is 0 Å². The highest BCUT2D eigenvalue weighted by Gasteiger charge is 2.17. The van der Waals surface area contributed by atoms with Crippen molar-refractivity contribution >= 4 is 17.5 Å². The average Bonchev–Trinajstić information content (AvgIpc) is 2.06. The number of nitrogens with zero attached hydrogens (tertiary/aromatic N) is 1. The molecule has 2 N–H and O–H groups in total. The molecule has 6 nitrogen and oxygen atoms in total. The molecular formula is C6H9N3O3. The van der Waals surface area contributed by atoms with Gasteiger partial charge in [0.2, 0.25) is 5.91 Å². The third-order valence-electron chi connectivity index (χ3n) is 1.36. The first-order valence-electron chi connectivity index (χ1n) is 3.42. The van der Waals surface area contributed by atoms with Crippen molar-refractivity contribution in [3.8, 4) is 0 Å². The summed E-state index contributed by atoms with van der Waals surface area (Å²) in [6.07, 6.45) is 0.636. The molecule has 0 unspecified atom stereocenters. The molecule has 0 radical (unpaired) electrons. The van der Waals surface area contributed by atoms with Crippen LogP contribution in [0.5, 0.6) is 0 Å². The normalized spacial score (nSPS) is 16.4. The lowest BCUT2D eigenvalue weighted by molar-refractivity contribution is -0.124. The SMILES string of the molecule is CONC(=O)C1=NNC(=O)CC1. The number of hydrogen-bond acceptors (Lipinski definition) is 4. The average molecular weight is 171 g/mol. The Morgan fingerprint density at radius 1 is 1.67 bits per heavy atom. The van der Waals surface area contributed by atoms with E-state index in [9.17, 15) is 9.59 Å². The number of rotatable bonds is 2. The fourth-order valence-electron chi connectivity index (χ4n) is 0.789. The zero-order valence-electron chi connectivity index (χ0n) is 6.59. The summed E-state index contributed by atoms with van der Waals surface area (Å²) in [4.78, 5) is 26.0. The first kappa shape index (κ1) is 8.66. The maximum atomic E-state index is 11.0. The fraction of sp³-hybridized carbons (Fsp3) is 0.500. The fourth-order valence-corrected chi connectivity index (χ4v) is 0.789. The van der Waals surface area contributed by atoms with Crippen LogP contribution in [0.4, 0.5) is 0 Å². The van der Waals surface area contributed by atoms with E-state index in [0.29, 0.717) is 6.42 Å². The summed E-state index contributed by atoms with van der Waals surface area (Å²) in [6, 6.07) is 0. The van der Waals surface area contributed by atoms with Gasteiger partial charge in [-0.25, -0.2) is 10.9 Å². The predicted molar refractivity (Wildman–Crippen MR) is 40.0 cm³/mol. The molecular weight excluding hydrogens is 162 g/mol. The van der Waals surface area contributed by atoms with Crippen LogP contribution < -0.4 is 10.9 Å². The van der Waals surface area contributed by atoms with Crippen LogP contribution in [0.15, 0.2) is 5.10 Å². The van der Waals surface area contributed by atoms with Crippen molar-refractivity contribution in [1.82, 2.24) is 10.9 Å². The van der Waals surface area contributed by atoms with E-state index >= 15 is 0 Å². The van der Waals surface area contributed by atoms with Gasteiger partial charge in [0.25, 0.3) is 5.91 Å². The number of hydroxylamine groups is 1. The Bertz CT molecular complexity index is 236. The van der Waals surface area contributed by atoms with Gasteiger partial charge in [-0.2, -0.15) is 5.10 Å². The van der Waals surface area contributed by atoms with Crippen LogP contribution in [-0.2, 0) is 14.4 Å². The summed E-state index contributed by atoms with van der Waals surface area (Å²) < 4.78 is 0. The van der Waals surface area contributed by atoms with Gasteiger partial charge in [-0.15, -0.1) is 0 Å². The van der Waals surface area contributed by atoms with E-state index in [0.717, 1.165) is 0 Å². The molecule has 0 saturated carbocycles. The van der Waals surface area contributed by atoms with E-state index in [4.69, 9.17) is 0 Å². The number of nitrogens with one attached hydrogen (secondary N) is 2. The Morgan fingerprint density at radius 3 is 2.92 bits per heavy atom. The summed E-state index contributed by atoms with van der Waals surface area (Å²) in [5.74, 6) is -0.596. The molecule has 1 heterocycles. The van der Waals surface area contributed by atoms with E-state index < -0.39 is 5.91 Å². The molecule has 66 valence electrons. The summed E-state index contributed by atoms with van der Waals surface area (Å²) in [5, 5.41) is 3.55. The maximum Gasteiger partial charge on any atom is 0.291 e. The molecule has 0 bridgehead atoms. The minimum Gasteiger partial charge on any atom is -0.277 e. The first-order valence-corrected chi connectivity index (χ1v) is 3.42. The third kappa shape index (κ3) is 2.03. The molecule has 1 rings (SSSR count). The second-order valence-electron chi connectivity index (χ2n) is 2.23. The monoisotopic (exact) mass is 171 g/mol. The van der Waals surface area contributed by atoms with E-state index in [2.05, 4.69) is 20.8 Å². The van der Waals surface area contributed by atoms with Gasteiger partial charge in [-0.3, -0.25) is 14.4 Å². The van der Waals surface area contributed by atoms with Crippen LogP contribution in [0.1, 0.15) is 12.8 Å². The lowest BCUT2D eigenvalue weighted by atomic mass is 10.2. The zero-order valence-corrected chi connectivity index (χ0v) is 6.59. The lowest BCUT2D eigenvalue weighted by Crippen LogP contribution is -2.36. The molecule has 0 saturated heterocycles. The molecule has 12 heavy (non-hydrogen) atoms. The molecule has 1 aliphatic heterocycles. The summed E-state index contributed by atoms with van der Waals surface area (Å²) in [6.45, 7) is 0. The second kappa shape index (κ2) is 3.82. The number of carbonyl (C=O) groups is 2. The Morgan fingerprint density at radius 2 is 2.42 bits per heavy atom. The standard InChI is InChI=1S/C6H9N3O3/c1-12-9-6(11)4-2-3-5(10)8-7-4/h2-3H2,1H3,(H,8,10)(H,9,11). The Kier molecular flexibility index (Phi) is 2.76. The van der Waals surface area contributed by atoms with Crippen LogP contribution in [0.25, 0.3) is 0 Å². The van der Waals surface area contributed by atoms with Crippen LogP contribution >= 0.6 is 0 Å². The molecule has 0 aliphatic carbocycles. The van der Waals surface area contributed by atoms with Crippen molar-refractivity contribution in [3.05, 3.63) is 0 Å². The van der Waals surface area contributed by atoms with Crippen LogP contribution in [0.2, 0.25) is 0 Å². The van der Waals surface area contributed by atoms with Crippen molar-refractivity contribution < 1.29 is 14.4 Å². The predicted octanol–water partition coefficient (Wildman–Crippen LogP) is -1.07. The summed E-state index contributed by atoms with van der Waals surface area (Å²) >= 11 is 0. The van der Waals surface area contributed by atoms with Crippen LogP contribution in [0.3, 0.4) is 0 Å². The van der Waals surface area contributed by atoms with E-state index in [1.165, 1.54) is 7.11 Å². The highest BCUT2D eigenvalue weighted by Crippen LogP contribution is 1.98. The molecule has 0 aromatic heterocycles. The van der Waals surface area contributed by atoms with Gasteiger partial charge in [0.1, 0.15) is 5.71 Å². The molecule has 0 fully saturated rings. The van der Waals surface area contributed by atoms with E-state index in [1.807, 2.05) is 0 Å². The minimum absolute atomic E-state index is 0.177. The topological polar surface area (TPSA) is 79.8 Å². The van der Waals surface area contributed by atoms with E-state index in [-0.39, 0.29) is 18.0 Å². The van der Waals surface area contributed by atoms with Gasteiger partial charge in [0.05, 0.1) is 7.11 Å². The molecule has 0 aromatic rings. The van der Waals surface area contributed by atoms with Crippen LogP contribution in [-0.4, -0.2) is 24.6 Å². The van der Waals surface area contributed by atoms with Gasteiger partial charge >= 0.3 is 0 Å². The summed E-state index contributed by atoms with van der Waals surface area (Å²) in [5.41, 5.74) is 4.59. The second-order valence-corrected chi connectivity index (χ2v) is 2.23. The van der Waals surface area contributed by atoms with Crippen LogP contribution in [0, 0.1) is 0 Å². The lowest BCUT2D eigenvalue weighted by Gasteiger charge is -2.10. The maximum absolute atomic E-state index is 11.0. The first-order chi connectivity index (χ1) is 5.74. The molecule has 2 amide bonds. The highest BCUT2D eigenvalue weighted by molar-refractivity contribution is 6.39. The number of amides is 2. The minimum atomic E-state index is -0.419. The molecule has 0 spiro atoms. The Balaban J connectivity index is 2.52. The largest absolute Gasteiger partial charge is 0.291 e. The van der Waals surface area contributed by atoms with Gasteiger partial charge in [-0.05, 0) is 0 Å². The van der Waals surface area contributed by atoms with Gasteiger partial charge in [-0.1, -0.05) is 0 Å². The quantitative estimate of drug-likeness (QED) is 0.519. The number of hydrogen-bond donors (Lipinski definition) is 2. The Hall–Kier alpha value is -1.43. The molecule has 1 aliphatic rings. The molecule has 6 heteroatoms. The van der Waals surface area contributed by atoms with Gasteiger partial charge in [0.15, 0.2) is 0 Å². The smallest absolute Gasteiger partial charge is 0.277 e. The number of carbonyl (C=O) groups excluding carboxylic acids is 2. The van der Waals surface area contributed by atoms with Gasteiger partial charge < -0.3 is 0 Å². The van der Waals surface area contributed by atoms with Crippen molar-refractivity contribution in [2.24, 2.45) is 5.10 Å². The van der Waals surface area contributed by atoms with E-state index in [1.54, 1.807) is 0 Å². The van der Waals surface area contributed by atoms with Crippen molar-refractivity contribution in [2.45, 2.75) is 12.8 Å². The zero-order chi connectivity index (χ0) is 8.97.